The van der Waals surface area contributed by atoms with E-state index in [-0.39, 0.29) is 12.5 Å². The molecule has 0 aliphatic heterocycles. The lowest BCUT2D eigenvalue weighted by molar-refractivity contribution is -0.116. The van der Waals surface area contributed by atoms with Gasteiger partial charge in [-0.05, 0) is 42.5 Å². The zero-order chi connectivity index (χ0) is 15.7. The number of aliphatic hydroxyl groups is 1. The summed E-state index contributed by atoms with van der Waals surface area (Å²) < 4.78 is 0. The average Bonchev–Trinajstić information content (AvgIpc) is 2.46. The number of benzene rings is 1. The molecule has 21 heavy (non-hydrogen) atoms. The smallest absolute Gasteiger partial charge is 0.224 e. The Labute approximate surface area is 127 Å². The summed E-state index contributed by atoms with van der Waals surface area (Å²) in [5.41, 5.74) is 2.88. The van der Waals surface area contributed by atoms with Gasteiger partial charge in [0, 0.05) is 24.1 Å². The first kappa shape index (κ1) is 17.3. The van der Waals surface area contributed by atoms with Crippen molar-refractivity contribution in [2.75, 3.05) is 11.9 Å². The number of nitrogens with one attached hydrogen (secondary N) is 1. The molecule has 0 fully saturated rings. The summed E-state index contributed by atoms with van der Waals surface area (Å²) in [6, 6.07) is 5.82. The molecule has 0 aliphatic carbocycles. The van der Waals surface area contributed by atoms with E-state index in [2.05, 4.69) is 37.9 Å². The lowest BCUT2D eigenvalue weighted by atomic mass is 10.1. The molecule has 0 saturated carbocycles. The molecule has 1 amide bonds. The Morgan fingerprint density at radius 3 is 2.76 bits per heavy atom. The minimum Gasteiger partial charge on any atom is -0.395 e. The number of hydrogen-bond donors (Lipinski definition) is 2. The van der Waals surface area contributed by atoms with Crippen molar-refractivity contribution in [3.05, 3.63) is 29.3 Å². The lowest BCUT2D eigenvalue weighted by Gasteiger charge is -2.11. The van der Waals surface area contributed by atoms with E-state index in [1.54, 1.807) is 0 Å². The number of hydrogen-bond acceptors (Lipinski definition) is 2. The van der Waals surface area contributed by atoms with Crippen LogP contribution in [0.4, 0.5) is 5.69 Å². The van der Waals surface area contributed by atoms with Crippen molar-refractivity contribution in [2.45, 2.75) is 46.5 Å². The number of carbonyl (C=O) groups excluding carboxylic acids is 1. The zero-order valence-electron chi connectivity index (χ0n) is 13.2. The first-order valence-corrected chi connectivity index (χ1v) is 7.59. The van der Waals surface area contributed by atoms with Gasteiger partial charge in [0.1, 0.15) is 0 Å². The largest absolute Gasteiger partial charge is 0.395 e. The highest BCUT2D eigenvalue weighted by Gasteiger charge is 2.07. The average molecular weight is 287 g/mol. The van der Waals surface area contributed by atoms with E-state index >= 15 is 0 Å². The van der Waals surface area contributed by atoms with Crippen LogP contribution in [0.5, 0.6) is 0 Å². The third-order valence-corrected chi connectivity index (χ3v) is 3.18. The number of aliphatic hydroxyl groups excluding tert-OH is 1. The van der Waals surface area contributed by atoms with Gasteiger partial charge in [0.2, 0.25) is 5.91 Å². The lowest BCUT2D eigenvalue weighted by Crippen LogP contribution is -2.13. The highest BCUT2D eigenvalue weighted by atomic mass is 16.2. The monoisotopic (exact) mass is 287 g/mol. The first-order valence-electron chi connectivity index (χ1n) is 7.59. The molecule has 2 N–H and O–H groups in total. The molecular weight excluding hydrogens is 262 g/mol. The van der Waals surface area contributed by atoms with E-state index in [0.717, 1.165) is 29.7 Å². The molecule has 3 heteroatoms. The van der Waals surface area contributed by atoms with Crippen LogP contribution in [0, 0.1) is 17.8 Å². The van der Waals surface area contributed by atoms with E-state index in [0.29, 0.717) is 18.8 Å². The van der Waals surface area contributed by atoms with Crippen LogP contribution in [0.2, 0.25) is 0 Å². The molecule has 1 aromatic carbocycles. The summed E-state index contributed by atoms with van der Waals surface area (Å²) in [5, 5.41) is 11.7. The van der Waals surface area contributed by atoms with Gasteiger partial charge in [-0.25, -0.2) is 0 Å². The van der Waals surface area contributed by atoms with Gasteiger partial charge in [0.25, 0.3) is 0 Å². The van der Waals surface area contributed by atoms with Crippen LogP contribution in [-0.2, 0) is 11.2 Å². The molecule has 0 spiro atoms. The van der Waals surface area contributed by atoms with Gasteiger partial charge in [-0.2, -0.15) is 0 Å². The Kier molecular flexibility index (Phi) is 7.56. The van der Waals surface area contributed by atoms with Gasteiger partial charge < -0.3 is 10.4 Å². The van der Waals surface area contributed by atoms with Gasteiger partial charge in [-0.15, -0.1) is 0 Å². The molecule has 0 aromatic heterocycles. The fraction of sp³-hybridized carbons (Fsp3) is 0.500. The molecule has 1 rings (SSSR count). The van der Waals surface area contributed by atoms with E-state index in [1.807, 2.05) is 18.2 Å². The minimum absolute atomic E-state index is 0.0671. The topological polar surface area (TPSA) is 49.3 Å². The highest BCUT2D eigenvalue weighted by Crippen LogP contribution is 2.19. The second kappa shape index (κ2) is 9.20. The van der Waals surface area contributed by atoms with E-state index in [9.17, 15) is 4.79 Å². The molecular formula is C18H25NO2. The summed E-state index contributed by atoms with van der Waals surface area (Å²) in [7, 11) is 0. The van der Waals surface area contributed by atoms with E-state index in [4.69, 9.17) is 5.11 Å². The van der Waals surface area contributed by atoms with Crippen LogP contribution in [0.1, 0.15) is 51.2 Å². The molecule has 114 valence electrons. The van der Waals surface area contributed by atoms with E-state index in [1.165, 1.54) is 0 Å². The molecule has 0 heterocycles. The van der Waals surface area contributed by atoms with Crippen molar-refractivity contribution in [2.24, 2.45) is 5.92 Å². The summed E-state index contributed by atoms with van der Waals surface area (Å²) in [4.78, 5) is 11.9. The first-order chi connectivity index (χ1) is 10.1. The Morgan fingerprint density at radius 2 is 2.14 bits per heavy atom. The number of anilines is 1. The maximum Gasteiger partial charge on any atom is 0.224 e. The van der Waals surface area contributed by atoms with Crippen molar-refractivity contribution in [1.82, 2.24) is 0 Å². The van der Waals surface area contributed by atoms with Crippen LogP contribution in [0.3, 0.4) is 0 Å². The number of aryl methyl sites for hydroxylation is 1. The highest BCUT2D eigenvalue weighted by molar-refractivity contribution is 5.91. The van der Waals surface area contributed by atoms with Crippen LogP contribution in [0.25, 0.3) is 0 Å². The molecule has 1 aromatic rings. The van der Waals surface area contributed by atoms with Crippen LogP contribution in [-0.4, -0.2) is 17.6 Å². The van der Waals surface area contributed by atoms with E-state index < -0.39 is 0 Å². The molecule has 0 radical (unpaired) electrons. The molecule has 0 atom stereocenters. The van der Waals surface area contributed by atoms with Crippen molar-refractivity contribution in [3.8, 4) is 11.8 Å². The predicted molar refractivity (Wildman–Crippen MR) is 87.1 cm³/mol. The Bertz CT molecular complexity index is 524. The summed E-state index contributed by atoms with van der Waals surface area (Å²) in [5.74, 6) is 6.53. The number of rotatable bonds is 6. The summed E-state index contributed by atoms with van der Waals surface area (Å²) in [6.45, 7) is 6.37. The standard InChI is InChI=1S/C18H25NO2/c1-4-16-13-15(7-5-6-12-20)9-10-17(16)19-18(21)11-8-14(2)3/h9-10,13-14,20H,4,6,8,11-12H2,1-3H3,(H,19,21). The van der Waals surface area contributed by atoms with Crippen LogP contribution < -0.4 is 5.32 Å². The predicted octanol–water partition coefficient (Wildman–Crippen LogP) is 3.36. The van der Waals surface area contributed by atoms with Crippen LogP contribution >= 0.6 is 0 Å². The molecule has 0 aliphatic rings. The third kappa shape index (κ3) is 6.46. The van der Waals surface area contributed by atoms with Gasteiger partial charge in [0.05, 0.1) is 6.61 Å². The van der Waals surface area contributed by atoms with Crippen molar-refractivity contribution >= 4 is 11.6 Å². The Morgan fingerprint density at radius 1 is 1.38 bits per heavy atom. The molecule has 0 unspecified atom stereocenters. The third-order valence-electron chi connectivity index (χ3n) is 3.18. The Hall–Kier alpha value is -1.79. The van der Waals surface area contributed by atoms with Gasteiger partial charge in [0.15, 0.2) is 0 Å². The molecule has 3 nitrogen and oxygen atoms in total. The molecule has 0 saturated heterocycles. The molecule has 0 bridgehead atoms. The van der Waals surface area contributed by atoms with Crippen molar-refractivity contribution in [1.29, 1.82) is 0 Å². The Balaban J connectivity index is 2.75. The quantitative estimate of drug-likeness (QED) is 0.788. The maximum atomic E-state index is 11.9. The normalized spacial score (nSPS) is 10.1. The van der Waals surface area contributed by atoms with Gasteiger partial charge >= 0.3 is 0 Å². The van der Waals surface area contributed by atoms with Crippen molar-refractivity contribution in [3.63, 3.8) is 0 Å². The van der Waals surface area contributed by atoms with Gasteiger partial charge in [-0.1, -0.05) is 32.6 Å². The van der Waals surface area contributed by atoms with Crippen molar-refractivity contribution < 1.29 is 9.90 Å². The second-order valence-corrected chi connectivity index (χ2v) is 5.48. The second-order valence-electron chi connectivity index (χ2n) is 5.48. The van der Waals surface area contributed by atoms with Gasteiger partial charge in [-0.3, -0.25) is 4.79 Å². The number of carbonyl (C=O) groups is 1. The number of amides is 1. The summed E-state index contributed by atoms with van der Waals surface area (Å²) >= 11 is 0. The minimum atomic E-state index is 0.0671. The zero-order valence-corrected chi connectivity index (χ0v) is 13.2. The maximum absolute atomic E-state index is 11.9. The summed E-state index contributed by atoms with van der Waals surface area (Å²) in [6.07, 6.45) is 2.78. The van der Waals surface area contributed by atoms with Crippen LogP contribution in [0.15, 0.2) is 18.2 Å². The SMILES string of the molecule is CCc1cc(C#CCCO)ccc1NC(=O)CCC(C)C. The fourth-order valence-corrected chi connectivity index (χ4v) is 1.94. The fourth-order valence-electron chi connectivity index (χ4n) is 1.94.